The van der Waals surface area contributed by atoms with Crippen molar-refractivity contribution in [2.45, 2.75) is 13.5 Å². The summed E-state index contributed by atoms with van der Waals surface area (Å²) >= 11 is 13.8. The van der Waals surface area contributed by atoms with Gasteiger partial charge in [-0.15, -0.1) is 0 Å². The fourth-order valence-corrected chi connectivity index (χ4v) is 4.88. The Morgan fingerprint density at radius 2 is 1.81 bits per heavy atom. The van der Waals surface area contributed by atoms with Crippen molar-refractivity contribution < 1.29 is 19.1 Å². The van der Waals surface area contributed by atoms with Crippen LogP contribution in [0.4, 0.5) is 0 Å². The standard InChI is InChI=1S/C23H18Cl2N2O4S/c1-3-31-19(28)12-27-21-18(9-8-16(24)20(21)25)32-23(27)26-22(29)15-10-13-6-4-5-7-14(13)11-17(15)30-2/h4-11H,3,12H2,1-2H3. The minimum atomic E-state index is -0.501. The second-order valence-electron chi connectivity index (χ2n) is 6.80. The third-order valence-electron chi connectivity index (χ3n) is 4.82. The number of carbonyl (C=O) groups excluding carboxylic acids is 2. The number of benzene rings is 3. The van der Waals surface area contributed by atoms with E-state index in [1.807, 2.05) is 24.3 Å². The third-order valence-corrected chi connectivity index (χ3v) is 6.66. The molecule has 1 aromatic heterocycles. The number of halogens is 2. The minimum Gasteiger partial charge on any atom is -0.496 e. The molecule has 4 rings (SSSR count). The van der Waals surface area contributed by atoms with Crippen LogP contribution in [0.2, 0.25) is 10.0 Å². The number of ether oxygens (including phenoxy) is 2. The Hall–Kier alpha value is -2.87. The zero-order valence-corrected chi connectivity index (χ0v) is 19.6. The molecule has 32 heavy (non-hydrogen) atoms. The predicted molar refractivity (Wildman–Crippen MR) is 127 cm³/mol. The Morgan fingerprint density at radius 1 is 1.09 bits per heavy atom. The van der Waals surface area contributed by atoms with Crippen molar-refractivity contribution in [1.29, 1.82) is 0 Å². The monoisotopic (exact) mass is 488 g/mol. The molecule has 0 saturated heterocycles. The van der Waals surface area contributed by atoms with Crippen LogP contribution in [0, 0.1) is 0 Å². The molecule has 9 heteroatoms. The van der Waals surface area contributed by atoms with Gasteiger partial charge in [-0.3, -0.25) is 9.59 Å². The van der Waals surface area contributed by atoms with Crippen LogP contribution >= 0.6 is 34.5 Å². The normalized spacial score (nSPS) is 11.8. The van der Waals surface area contributed by atoms with E-state index in [0.29, 0.717) is 26.7 Å². The lowest BCUT2D eigenvalue weighted by atomic mass is 10.1. The van der Waals surface area contributed by atoms with E-state index in [2.05, 4.69) is 4.99 Å². The Kier molecular flexibility index (Phi) is 6.50. The van der Waals surface area contributed by atoms with Crippen LogP contribution in [0.5, 0.6) is 5.75 Å². The highest BCUT2D eigenvalue weighted by Crippen LogP contribution is 2.32. The van der Waals surface area contributed by atoms with E-state index in [0.717, 1.165) is 15.5 Å². The Morgan fingerprint density at radius 3 is 2.50 bits per heavy atom. The molecule has 0 atom stereocenters. The number of esters is 1. The molecule has 0 aliphatic rings. The maximum atomic E-state index is 13.2. The van der Waals surface area contributed by atoms with Gasteiger partial charge in [-0.2, -0.15) is 4.99 Å². The van der Waals surface area contributed by atoms with Gasteiger partial charge in [0, 0.05) is 0 Å². The van der Waals surface area contributed by atoms with Crippen LogP contribution in [0.25, 0.3) is 21.0 Å². The van der Waals surface area contributed by atoms with Crippen LogP contribution in [0.1, 0.15) is 17.3 Å². The van der Waals surface area contributed by atoms with Crippen LogP contribution in [-0.4, -0.2) is 30.2 Å². The van der Waals surface area contributed by atoms with Gasteiger partial charge in [-0.1, -0.05) is 58.8 Å². The van der Waals surface area contributed by atoms with Crippen LogP contribution in [-0.2, 0) is 16.1 Å². The van der Waals surface area contributed by atoms with Crippen molar-refractivity contribution in [2.75, 3.05) is 13.7 Å². The number of hydrogen-bond donors (Lipinski definition) is 0. The summed E-state index contributed by atoms with van der Waals surface area (Å²) in [6.07, 6.45) is 0. The maximum Gasteiger partial charge on any atom is 0.326 e. The van der Waals surface area contributed by atoms with Gasteiger partial charge in [0.1, 0.15) is 12.3 Å². The lowest BCUT2D eigenvalue weighted by Crippen LogP contribution is -2.23. The van der Waals surface area contributed by atoms with Crippen molar-refractivity contribution in [2.24, 2.45) is 4.99 Å². The quantitative estimate of drug-likeness (QED) is 0.349. The first-order valence-corrected chi connectivity index (χ1v) is 11.3. The molecule has 0 N–H and O–H groups in total. The zero-order valence-electron chi connectivity index (χ0n) is 17.2. The number of amides is 1. The molecule has 0 aliphatic heterocycles. The van der Waals surface area contributed by atoms with Gasteiger partial charge in [0.15, 0.2) is 4.80 Å². The number of aromatic nitrogens is 1. The summed E-state index contributed by atoms with van der Waals surface area (Å²) in [5, 5.41) is 2.45. The van der Waals surface area contributed by atoms with Gasteiger partial charge in [0.2, 0.25) is 0 Å². The molecule has 0 radical (unpaired) electrons. The molecule has 164 valence electrons. The average Bonchev–Trinajstić information content (AvgIpc) is 3.12. The van der Waals surface area contributed by atoms with Gasteiger partial charge in [-0.25, -0.2) is 0 Å². The highest BCUT2D eigenvalue weighted by Gasteiger charge is 2.18. The van der Waals surface area contributed by atoms with E-state index in [9.17, 15) is 9.59 Å². The molecular weight excluding hydrogens is 471 g/mol. The molecule has 0 saturated carbocycles. The number of thiazole rings is 1. The lowest BCUT2D eigenvalue weighted by molar-refractivity contribution is -0.143. The summed E-state index contributed by atoms with van der Waals surface area (Å²) in [6, 6.07) is 14.6. The largest absolute Gasteiger partial charge is 0.496 e. The van der Waals surface area contributed by atoms with Crippen LogP contribution < -0.4 is 9.54 Å². The van der Waals surface area contributed by atoms with E-state index in [1.165, 1.54) is 18.4 Å². The van der Waals surface area contributed by atoms with Crippen molar-refractivity contribution in [3.63, 3.8) is 0 Å². The zero-order chi connectivity index (χ0) is 22.8. The highest BCUT2D eigenvalue weighted by atomic mass is 35.5. The van der Waals surface area contributed by atoms with Gasteiger partial charge in [-0.05, 0) is 42.0 Å². The average molecular weight is 489 g/mol. The van der Waals surface area contributed by atoms with E-state index < -0.39 is 11.9 Å². The first-order valence-electron chi connectivity index (χ1n) is 9.71. The summed E-state index contributed by atoms with van der Waals surface area (Å²) in [6.45, 7) is 1.80. The molecule has 3 aromatic carbocycles. The number of nitrogens with zero attached hydrogens (tertiary/aromatic N) is 2. The highest BCUT2D eigenvalue weighted by molar-refractivity contribution is 7.16. The SMILES string of the molecule is CCOC(=O)Cn1c(=NC(=O)c2cc3ccccc3cc2OC)sc2ccc(Cl)c(Cl)c21. The van der Waals surface area contributed by atoms with Gasteiger partial charge in [0.25, 0.3) is 5.91 Å². The molecule has 1 amide bonds. The summed E-state index contributed by atoms with van der Waals surface area (Å²) in [4.78, 5) is 30.1. The molecule has 4 aromatic rings. The summed E-state index contributed by atoms with van der Waals surface area (Å²) in [7, 11) is 1.50. The van der Waals surface area contributed by atoms with Crippen molar-refractivity contribution in [3.05, 3.63) is 68.9 Å². The summed E-state index contributed by atoms with van der Waals surface area (Å²) in [5.41, 5.74) is 0.838. The van der Waals surface area contributed by atoms with Crippen LogP contribution in [0.3, 0.4) is 0 Å². The number of carbonyl (C=O) groups is 2. The lowest BCUT2D eigenvalue weighted by Gasteiger charge is -2.08. The molecular formula is C23H18Cl2N2O4S. The van der Waals surface area contributed by atoms with E-state index in [-0.39, 0.29) is 18.2 Å². The summed E-state index contributed by atoms with van der Waals surface area (Å²) in [5.74, 6) is -0.559. The minimum absolute atomic E-state index is 0.158. The maximum absolute atomic E-state index is 13.2. The Bertz CT molecular complexity index is 1430. The second-order valence-corrected chi connectivity index (χ2v) is 8.59. The number of methoxy groups -OCH3 is 1. The molecule has 1 heterocycles. The number of fused-ring (bicyclic) bond motifs is 2. The van der Waals surface area contributed by atoms with Crippen molar-refractivity contribution in [1.82, 2.24) is 4.57 Å². The topological polar surface area (TPSA) is 69.9 Å². The third kappa shape index (κ3) is 4.24. The van der Waals surface area contributed by atoms with Crippen molar-refractivity contribution >= 4 is 67.4 Å². The van der Waals surface area contributed by atoms with E-state index >= 15 is 0 Å². The fourth-order valence-electron chi connectivity index (χ4n) is 3.37. The summed E-state index contributed by atoms with van der Waals surface area (Å²) < 4.78 is 12.8. The van der Waals surface area contributed by atoms with E-state index in [4.69, 9.17) is 32.7 Å². The second kappa shape index (κ2) is 9.32. The molecule has 0 unspecified atom stereocenters. The van der Waals surface area contributed by atoms with Gasteiger partial charge in [0.05, 0.1) is 39.5 Å². The van der Waals surface area contributed by atoms with Crippen LogP contribution in [0.15, 0.2) is 53.5 Å². The van der Waals surface area contributed by atoms with E-state index in [1.54, 1.807) is 35.8 Å². The first-order chi connectivity index (χ1) is 15.4. The molecule has 6 nitrogen and oxygen atoms in total. The first kappa shape index (κ1) is 22.3. The number of hydrogen-bond acceptors (Lipinski definition) is 5. The predicted octanol–water partition coefficient (Wildman–Crippen LogP) is 5.48. The molecule has 0 bridgehead atoms. The molecule has 0 fully saturated rings. The smallest absolute Gasteiger partial charge is 0.326 e. The molecule has 0 aliphatic carbocycles. The van der Waals surface area contributed by atoms with Gasteiger partial charge >= 0.3 is 5.97 Å². The van der Waals surface area contributed by atoms with Gasteiger partial charge < -0.3 is 14.0 Å². The molecule has 0 spiro atoms. The Labute approximate surface area is 197 Å². The van der Waals surface area contributed by atoms with Crippen molar-refractivity contribution in [3.8, 4) is 5.75 Å². The Balaban J connectivity index is 1.90. The fraction of sp³-hybridized carbons (Fsp3) is 0.174. The number of rotatable bonds is 5.